The number of likely N-dealkylation sites (tertiary alicyclic amines) is 1. The van der Waals surface area contributed by atoms with Crippen molar-refractivity contribution >= 4 is 23.0 Å². The molecule has 2 aliphatic heterocycles. The van der Waals surface area contributed by atoms with Crippen molar-refractivity contribution in [1.29, 1.82) is 0 Å². The second-order valence-corrected chi connectivity index (χ2v) is 9.57. The van der Waals surface area contributed by atoms with Crippen molar-refractivity contribution in [3.63, 3.8) is 0 Å². The molecule has 0 radical (unpaired) electrons. The Morgan fingerprint density at radius 1 is 1.14 bits per heavy atom. The number of amides is 3. The Morgan fingerprint density at radius 3 is 2.56 bits per heavy atom. The van der Waals surface area contributed by atoms with Crippen LogP contribution in [0, 0.1) is 0 Å². The van der Waals surface area contributed by atoms with E-state index in [1.165, 1.54) is 17.0 Å². The molecule has 0 bridgehead atoms. The number of aromatic nitrogens is 1. The highest BCUT2D eigenvalue weighted by molar-refractivity contribution is 6.06. The predicted octanol–water partition coefficient (Wildman–Crippen LogP) is 4.51. The number of carbonyl (C=O) groups is 2. The van der Waals surface area contributed by atoms with Gasteiger partial charge in [-0.05, 0) is 62.4 Å². The Hall–Kier alpha value is -3.53. The number of ether oxygens (including phenoxy) is 1. The molecule has 2 fully saturated rings. The number of fused-ring (bicyclic) bond motifs is 1. The Labute approximate surface area is 207 Å². The molecule has 0 unspecified atom stereocenters. The predicted molar refractivity (Wildman–Crippen MR) is 128 cm³/mol. The van der Waals surface area contributed by atoms with Crippen molar-refractivity contribution in [1.82, 2.24) is 20.1 Å². The maximum absolute atomic E-state index is 13.2. The van der Waals surface area contributed by atoms with Crippen LogP contribution in [0.1, 0.15) is 43.6 Å². The van der Waals surface area contributed by atoms with E-state index in [2.05, 4.69) is 19.9 Å². The molecule has 1 N–H and O–H groups in total. The molecule has 10 heteroatoms. The number of piperidine rings is 1. The molecule has 3 heterocycles. The van der Waals surface area contributed by atoms with Gasteiger partial charge in [-0.3, -0.25) is 9.69 Å². The third-order valence-electron chi connectivity index (χ3n) is 7.00. The Morgan fingerprint density at radius 2 is 1.86 bits per heavy atom. The first-order valence-corrected chi connectivity index (χ1v) is 12.1. The van der Waals surface area contributed by atoms with Gasteiger partial charge < -0.3 is 14.5 Å². The van der Waals surface area contributed by atoms with Gasteiger partial charge in [0.05, 0.1) is 6.67 Å². The van der Waals surface area contributed by atoms with Crippen LogP contribution >= 0.6 is 0 Å². The zero-order valence-corrected chi connectivity index (χ0v) is 20.0. The molecule has 1 aromatic heterocycles. The Bertz CT molecular complexity index is 1210. The number of nitrogens with zero attached hydrogens (tertiary/aromatic N) is 3. The van der Waals surface area contributed by atoms with Gasteiger partial charge in [0.1, 0.15) is 16.8 Å². The van der Waals surface area contributed by atoms with E-state index < -0.39 is 18.2 Å². The Kier molecular flexibility index (Phi) is 6.61. The first-order chi connectivity index (χ1) is 17.3. The van der Waals surface area contributed by atoms with Crippen LogP contribution in [0.4, 0.5) is 13.6 Å². The van der Waals surface area contributed by atoms with Gasteiger partial charge in [0, 0.05) is 19.0 Å². The molecule has 2 aliphatic rings. The normalized spacial score (nSPS) is 21.5. The van der Waals surface area contributed by atoms with Gasteiger partial charge in [0.2, 0.25) is 0 Å². The molecule has 3 amide bonds. The third-order valence-corrected chi connectivity index (χ3v) is 7.00. The van der Waals surface area contributed by atoms with E-state index in [4.69, 9.17) is 4.42 Å². The summed E-state index contributed by atoms with van der Waals surface area (Å²) in [5.41, 5.74) is 1.47. The number of hydrogen-bond donors (Lipinski definition) is 1. The molecule has 3 aromatic rings. The molecule has 2 aromatic carbocycles. The first-order valence-electron chi connectivity index (χ1n) is 12.1. The number of alkyl halides is 2. The quantitative estimate of drug-likeness (QED) is 0.460. The van der Waals surface area contributed by atoms with Crippen molar-refractivity contribution < 1.29 is 27.5 Å². The molecule has 8 nitrogen and oxygen atoms in total. The largest absolute Gasteiger partial charge is 0.440 e. The maximum atomic E-state index is 13.2. The highest BCUT2D eigenvalue weighted by atomic mass is 19.3. The number of nitrogens with one attached hydrogen (secondary N) is 1. The lowest BCUT2D eigenvalue weighted by atomic mass is 9.93. The lowest BCUT2D eigenvalue weighted by Crippen LogP contribution is -2.47. The third kappa shape index (κ3) is 5.04. The number of aryl methyl sites for hydroxylation is 1. The van der Waals surface area contributed by atoms with Crippen molar-refractivity contribution in [2.45, 2.75) is 50.7 Å². The molecule has 0 spiro atoms. The average molecular weight is 499 g/mol. The van der Waals surface area contributed by atoms with Crippen molar-refractivity contribution in [3.8, 4) is 5.75 Å². The molecule has 0 saturated carbocycles. The number of para-hydroxylation sites is 2. The van der Waals surface area contributed by atoms with E-state index in [9.17, 15) is 18.4 Å². The minimum atomic E-state index is -2.88. The zero-order chi connectivity index (χ0) is 25.3. The van der Waals surface area contributed by atoms with Crippen molar-refractivity contribution in [3.05, 3.63) is 60.0 Å². The van der Waals surface area contributed by atoms with Gasteiger partial charge in [0.15, 0.2) is 11.5 Å². The van der Waals surface area contributed by atoms with Gasteiger partial charge in [-0.1, -0.05) is 24.3 Å². The standard InChI is InChI=1S/C26H28F2N4O4/c1-26(13-10-17-6-8-19(9-7-17)35-24(27)28)23(33)32(25(34)30-26)16-31-14-11-18(12-15-31)22-29-20-4-2-3-5-21(20)36-22/h2-9,18,24H,10-16H2,1H3,(H,30,34)/t26-/m1/s1. The maximum Gasteiger partial charge on any atom is 0.387 e. The summed E-state index contributed by atoms with van der Waals surface area (Å²) < 4.78 is 35.0. The highest BCUT2D eigenvalue weighted by Crippen LogP contribution is 2.31. The average Bonchev–Trinajstić information content (AvgIpc) is 3.39. The van der Waals surface area contributed by atoms with Crippen LogP contribution in [0.5, 0.6) is 5.75 Å². The van der Waals surface area contributed by atoms with Gasteiger partial charge in [-0.2, -0.15) is 8.78 Å². The van der Waals surface area contributed by atoms with Gasteiger partial charge in [-0.15, -0.1) is 0 Å². The number of hydrogen-bond acceptors (Lipinski definition) is 6. The van der Waals surface area contributed by atoms with E-state index in [-0.39, 0.29) is 24.2 Å². The number of halogens is 2. The second kappa shape index (κ2) is 9.85. The van der Waals surface area contributed by atoms with E-state index in [0.29, 0.717) is 12.8 Å². The molecule has 2 saturated heterocycles. The summed E-state index contributed by atoms with van der Waals surface area (Å²) in [7, 11) is 0. The molecule has 0 aliphatic carbocycles. The van der Waals surface area contributed by atoms with Gasteiger partial charge >= 0.3 is 12.6 Å². The lowest BCUT2D eigenvalue weighted by molar-refractivity contribution is -0.132. The van der Waals surface area contributed by atoms with Crippen LogP contribution in [-0.4, -0.2) is 58.6 Å². The zero-order valence-electron chi connectivity index (χ0n) is 20.0. The minimum Gasteiger partial charge on any atom is -0.440 e. The number of imide groups is 1. The molecule has 36 heavy (non-hydrogen) atoms. The van der Waals surface area contributed by atoms with Crippen LogP contribution in [0.2, 0.25) is 0 Å². The van der Waals surface area contributed by atoms with Crippen LogP contribution < -0.4 is 10.1 Å². The molecule has 1 atom stereocenters. The number of carbonyl (C=O) groups excluding carboxylic acids is 2. The lowest BCUT2D eigenvalue weighted by Gasteiger charge is -2.32. The van der Waals surface area contributed by atoms with Crippen LogP contribution in [0.15, 0.2) is 52.9 Å². The van der Waals surface area contributed by atoms with Crippen LogP contribution in [0.3, 0.4) is 0 Å². The number of rotatable bonds is 8. The number of oxazole rings is 1. The Balaban J connectivity index is 1.14. The highest BCUT2D eigenvalue weighted by Gasteiger charge is 2.47. The fraction of sp³-hybridized carbons (Fsp3) is 0.423. The summed E-state index contributed by atoms with van der Waals surface area (Å²) in [5.74, 6) is 0.772. The van der Waals surface area contributed by atoms with Crippen LogP contribution in [-0.2, 0) is 11.2 Å². The smallest absolute Gasteiger partial charge is 0.387 e. The minimum absolute atomic E-state index is 0.0799. The molecule has 190 valence electrons. The van der Waals surface area contributed by atoms with E-state index >= 15 is 0 Å². The number of benzene rings is 2. The number of urea groups is 1. The summed E-state index contributed by atoms with van der Waals surface area (Å²) in [4.78, 5) is 33.8. The fourth-order valence-electron chi connectivity index (χ4n) is 4.86. The fourth-order valence-corrected chi connectivity index (χ4v) is 4.86. The van der Waals surface area contributed by atoms with Crippen molar-refractivity contribution in [2.75, 3.05) is 19.8 Å². The summed E-state index contributed by atoms with van der Waals surface area (Å²) in [5, 5.41) is 2.84. The van der Waals surface area contributed by atoms with E-state index in [1.807, 2.05) is 24.3 Å². The second-order valence-electron chi connectivity index (χ2n) is 9.57. The SMILES string of the molecule is C[C@]1(CCc2ccc(OC(F)F)cc2)NC(=O)N(CN2CCC(c3nc4ccccc4o3)CC2)C1=O. The molecular formula is C26H28F2N4O4. The molecule has 5 rings (SSSR count). The van der Waals surface area contributed by atoms with E-state index in [1.54, 1.807) is 19.1 Å². The van der Waals surface area contributed by atoms with Gasteiger partial charge in [-0.25, -0.2) is 14.7 Å². The monoisotopic (exact) mass is 498 g/mol. The van der Waals surface area contributed by atoms with Gasteiger partial charge in [0.25, 0.3) is 5.91 Å². The van der Waals surface area contributed by atoms with Crippen molar-refractivity contribution in [2.24, 2.45) is 0 Å². The van der Waals surface area contributed by atoms with E-state index in [0.717, 1.165) is 48.5 Å². The molecular weight excluding hydrogens is 470 g/mol. The van der Waals surface area contributed by atoms with Crippen LogP contribution in [0.25, 0.3) is 11.1 Å². The summed E-state index contributed by atoms with van der Waals surface area (Å²) in [6.07, 6.45) is 2.56. The summed E-state index contributed by atoms with van der Waals surface area (Å²) in [6.45, 7) is 0.537. The summed E-state index contributed by atoms with van der Waals surface area (Å²) in [6, 6.07) is 13.6. The topological polar surface area (TPSA) is 87.9 Å². The first kappa shape index (κ1) is 24.2. The summed E-state index contributed by atoms with van der Waals surface area (Å²) >= 11 is 0.